The van der Waals surface area contributed by atoms with E-state index in [-0.39, 0.29) is 17.6 Å². The third-order valence-electron chi connectivity index (χ3n) is 4.68. The maximum atomic E-state index is 13.4. The predicted octanol–water partition coefficient (Wildman–Crippen LogP) is 4.40. The van der Waals surface area contributed by atoms with E-state index in [0.29, 0.717) is 17.3 Å². The standard InChI is InChI=1S/C21H18F2N4O/c1-12-9-14-5-3-4-6-19(14)27(12)21(28)18-11-20(25-13(2)24-18)26-15-7-8-16(22)17(23)10-15/h3-8,10-12H,9H2,1-2H3,(H,24,25,26). The Bertz CT molecular complexity index is 1070. The number of anilines is 3. The molecule has 2 aromatic carbocycles. The minimum Gasteiger partial charge on any atom is -0.340 e. The summed E-state index contributed by atoms with van der Waals surface area (Å²) in [6.45, 7) is 3.67. The lowest BCUT2D eigenvalue weighted by atomic mass is 10.1. The number of rotatable bonds is 3. The fourth-order valence-electron chi connectivity index (χ4n) is 3.46. The molecule has 0 aliphatic carbocycles. The number of hydrogen-bond donors (Lipinski definition) is 1. The number of benzene rings is 2. The van der Waals surface area contributed by atoms with Gasteiger partial charge in [0.25, 0.3) is 5.91 Å². The molecule has 1 N–H and O–H groups in total. The molecule has 28 heavy (non-hydrogen) atoms. The molecule has 0 bridgehead atoms. The Morgan fingerprint density at radius 2 is 1.89 bits per heavy atom. The number of halogens is 2. The Morgan fingerprint density at radius 3 is 2.68 bits per heavy atom. The number of para-hydroxylation sites is 1. The van der Waals surface area contributed by atoms with Gasteiger partial charge in [0.1, 0.15) is 17.3 Å². The Kier molecular flexibility index (Phi) is 4.50. The third-order valence-corrected chi connectivity index (χ3v) is 4.68. The fraction of sp³-hybridized carbons (Fsp3) is 0.190. The van der Waals surface area contributed by atoms with Gasteiger partial charge in [-0.2, -0.15) is 0 Å². The summed E-state index contributed by atoms with van der Waals surface area (Å²) in [6.07, 6.45) is 0.784. The van der Waals surface area contributed by atoms with Crippen LogP contribution in [-0.2, 0) is 6.42 Å². The second-order valence-corrected chi connectivity index (χ2v) is 6.80. The van der Waals surface area contributed by atoms with Crippen LogP contribution < -0.4 is 10.2 Å². The van der Waals surface area contributed by atoms with Gasteiger partial charge in [-0.1, -0.05) is 18.2 Å². The van der Waals surface area contributed by atoms with Gasteiger partial charge in [0.05, 0.1) is 0 Å². The predicted molar refractivity (Wildman–Crippen MR) is 103 cm³/mol. The van der Waals surface area contributed by atoms with Gasteiger partial charge in [0.15, 0.2) is 11.6 Å². The molecule has 7 heteroatoms. The van der Waals surface area contributed by atoms with Crippen LogP contribution in [0.1, 0.15) is 28.8 Å². The van der Waals surface area contributed by atoms with Gasteiger partial charge in [-0.25, -0.2) is 18.7 Å². The van der Waals surface area contributed by atoms with Crippen LogP contribution in [0, 0.1) is 18.6 Å². The van der Waals surface area contributed by atoms with Crippen molar-refractivity contribution in [3.63, 3.8) is 0 Å². The molecule has 1 atom stereocenters. The molecule has 1 amide bonds. The summed E-state index contributed by atoms with van der Waals surface area (Å²) in [5.41, 5.74) is 2.57. The summed E-state index contributed by atoms with van der Waals surface area (Å²) in [4.78, 5) is 23.4. The zero-order valence-corrected chi connectivity index (χ0v) is 15.4. The van der Waals surface area contributed by atoms with Crippen LogP contribution in [0.2, 0.25) is 0 Å². The minimum atomic E-state index is -0.963. The second kappa shape index (κ2) is 6.99. The van der Waals surface area contributed by atoms with Gasteiger partial charge in [-0.15, -0.1) is 0 Å². The van der Waals surface area contributed by atoms with Crippen molar-refractivity contribution in [2.75, 3.05) is 10.2 Å². The first-order valence-electron chi connectivity index (χ1n) is 8.91. The highest BCUT2D eigenvalue weighted by atomic mass is 19.2. The number of aromatic nitrogens is 2. The summed E-state index contributed by atoms with van der Waals surface area (Å²) in [5, 5.41) is 2.90. The van der Waals surface area contributed by atoms with E-state index in [4.69, 9.17) is 0 Å². The first kappa shape index (κ1) is 18.0. The average Bonchev–Trinajstić information content (AvgIpc) is 2.99. The van der Waals surface area contributed by atoms with Crippen molar-refractivity contribution in [3.05, 3.63) is 77.2 Å². The van der Waals surface area contributed by atoms with Gasteiger partial charge >= 0.3 is 0 Å². The summed E-state index contributed by atoms with van der Waals surface area (Å²) < 4.78 is 26.6. The normalized spacial score (nSPS) is 15.4. The number of aryl methyl sites for hydroxylation is 1. The summed E-state index contributed by atoms with van der Waals surface area (Å²) >= 11 is 0. The molecule has 2 heterocycles. The number of carbonyl (C=O) groups excluding carboxylic acids is 1. The Balaban J connectivity index is 1.65. The number of amides is 1. The molecule has 0 saturated carbocycles. The molecule has 0 radical (unpaired) electrons. The maximum absolute atomic E-state index is 13.4. The first-order chi connectivity index (χ1) is 13.4. The fourth-order valence-corrected chi connectivity index (χ4v) is 3.46. The number of carbonyl (C=O) groups is 1. The van der Waals surface area contributed by atoms with Crippen LogP contribution in [0.25, 0.3) is 0 Å². The van der Waals surface area contributed by atoms with Crippen LogP contribution in [0.15, 0.2) is 48.5 Å². The maximum Gasteiger partial charge on any atom is 0.277 e. The monoisotopic (exact) mass is 380 g/mol. The molecule has 5 nitrogen and oxygen atoms in total. The number of fused-ring (bicyclic) bond motifs is 1. The Morgan fingerprint density at radius 1 is 1.11 bits per heavy atom. The van der Waals surface area contributed by atoms with Crippen molar-refractivity contribution in [1.82, 2.24) is 9.97 Å². The van der Waals surface area contributed by atoms with E-state index in [0.717, 1.165) is 29.8 Å². The van der Waals surface area contributed by atoms with Crippen LogP contribution >= 0.6 is 0 Å². The number of nitrogens with zero attached hydrogens (tertiary/aromatic N) is 3. The largest absolute Gasteiger partial charge is 0.340 e. The molecule has 0 saturated heterocycles. The molecule has 1 unspecified atom stereocenters. The van der Waals surface area contributed by atoms with Gasteiger partial charge in [-0.3, -0.25) is 4.79 Å². The number of hydrogen-bond acceptors (Lipinski definition) is 4. The highest BCUT2D eigenvalue weighted by molar-refractivity contribution is 6.07. The van der Waals surface area contributed by atoms with E-state index in [9.17, 15) is 13.6 Å². The molecule has 0 spiro atoms. The molecule has 3 aromatic rings. The summed E-state index contributed by atoms with van der Waals surface area (Å²) in [6, 6.07) is 12.8. The van der Waals surface area contributed by atoms with Gasteiger partial charge in [-0.05, 0) is 44.0 Å². The van der Waals surface area contributed by atoms with Crippen molar-refractivity contribution in [3.8, 4) is 0 Å². The zero-order valence-electron chi connectivity index (χ0n) is 15.4. The lowest BCUT2D eigenvalue weighted by Crippen LogP contribution is -2.36. The van der Waals surface area contributed by atoms with Crippen LogP contribution in [-0.4, -0.2) is 21.9 Å². The van der Waals surface area contributed by atoms with Crippen molar-refractivity contribution in [1.29, 1.82) is 0 Å². The van der Waals surface area contributed by atoms with Crippen molar-refractivity contribution < 1.29 is 13.6 Å². The highest BCUT2D eigenvalue weighted by Gasteiger charge is 2.32. The van der Waals surface area contributed by atoms with E-state index in [1.807, 2.05) is 31.2 Å². The van der Waals surface area contributed by atoms with Crippen molar-refractivity contribution in [2.24, 2.45) is 0 Å². The summed E-state index contributed by atoms with van der Waals surface area (Å²) in [5.74, 6) is -1.38. The van der Waals surface area contributed by atoms with Gasteiger partial charge in [0.2, 0.25) is 0 Å². The van der Waals surface area contributed by atoms with E-state index >= 15 is 0 Å². The Hall–Kier alpha value is -3.35. The van der Waals surface area contributed by atoms with E-state index < -0.39 is 11.6 Å². The molecule has 142 valence electrons. The Labute approximate surface area is 161 Å². The topological polar surface area (TPSA) is 58.1 Å². The van der Waals surface area contributed by atoms with Crippen molar-refractivity contribution in [2.45, 2.75) is 26.3 Å². The molecule has 1 aromatic heterocycles. The SMILES string of the molecule is Cc1nc(Nc2ccc(F)c(F)c2)cc(C(=O)N2c3ccccc3CC2C)n1. The zero-order chi connectivity index (χ0) is 19.8. The van der Waals surface area contributed by atoms with Crippen LogP contribution in [0.4, 0.5) is 26.0 Å². The third kappa shape index (κ3) is 3.31. The van der Waals surface area contributed by atoms with E-state index in [1.165, 1.54) is 12.1 Å². The molecule has 0 fully saturated rings. The summed E-state index contributed by atoms with van der Waals surface area (Å²) in [7, 11) is 0. The lowest BCUT2D eigenvalue weighted by Gasteiger charge is -2.22. The molecule has 1 aliphatic rings. The van der Waals surface area contributed by atoms with Crippen molar-refractivity contribution >= 4 is 23.1 Å². The van der Waals surface area contributed by atoms with E-state index in [1.54, 1.807) is 11.8 Å². The van der Waals surface area contributed by atoms with Gasteiger partial charge < -0.3 is 10.2 Å². The quantitative estimate of drug-likeness (QED) is 0.732. The van der Waals surface area contributed by atoms with Crippen LogP contribution in [0.5, 0.6) is 0 Å². The minimum absolute atomic E-state index is 0.0165. The van der Waals surface area contributed by atoms with E-state index in [2.05, 4.69) is 15.3 Å². The molecular formula is C21H18F2N4O. The lowest BCUT2D eigenvalue weighted by molar-refractivity contribution is 0.0976. The van der Waals surface area contributed by atoms with Crippen LogP contribution in [0.3, 0.4) is 0 Å². The average molecular weight is 380 g/mol. The van der Waals surface area contributed by atoms with Gasteiger partial charge in [0, 0.05) is 29.5 Å². The molecule has 1 aliphatic heterocycles. The number of nitrogens with one attached hydrogen (secondary N) is 1. The molecular weight excluding hydrogens is 362 g/mol. The first-order valence-corrected chi connectivity index (χ1v) is 8.91. The smallest absolute Gasteiger partial charge is 0.277 e. The second-order valence-electron chi connectivity index (χ2n) is 6.80. The molecule has 4 rings (SSSR count). The highest BCUT2D eigenvalue weighted by Crippen LogP contribution is 2.33.